The zero-order valence-electron chi connectivity index (χ0n) is 11.1. The molecular formula is C13H16N2O5. The van der Waals surface area contributed by atoms with E-state index in [1.807, 2.05) is 0 Å². The maximum absolute atomic E-state index is 11.6. The van der Waals surface area contributed by atoms with Gasteiger partial charge in [0.1, 0.15) is 11.2 Å². The van der Waals surface area contributed by atoms with Crippen LogP contribution in [0.1, 0.15) is 18.4 Å². The molecule has 0 unspecified atom stereocenters. The van der Waals surface area contributed by atoms with Crippen LogP contribution in [0.2, 0.25) is 0 Å². The van der Waals surface area contributed by atoms with E-state index in [0.717, 1.165) is 0 Å². The molecule has 1 heterocycles. The number of carboxylic acid groups (broad SMARTS) is 1. The Hall–Kier alpha value is -2.15. The number of aryl methyl sites for hydroxylation is 1. The van der Waals surface area contributed by atoms with Crippen molar-refractivity contribution in [1.29, 1.82) is 0 Å². The Balaban J connectivity index is 2.41. The van der Waals surface area contributed by atoms with Crippen LogP contribution in [0.15, 0.2) is 18.2 Å². The molecule has 0 aliphatic carbocycles. The molecule has 2 rings (SSSR count). The number of nitrogens with zero attached hydrogens (tertiary/aromatic N) is 1. The number of carboxylic acids is 1. The van der Waals surface area contributed by atoms with Crippen molar-refractivity contribution in [3.05, 3.63) is 33.9 Å². The third-order valence-electron chi connectivity index (χ3n) is 3.57. The van der Waals surface area contributed by atoms with Gasteiger partial charge >= 0.3 is 5.97 Å². The molecule has 0 amide bonds. The molecule has 2 N–H and O–H groups in total. The maximum Gasteiger partial charge on any atom is 0.329 e. The summed E-state index contributed by atoms with van der Waals surface area (Å²) in [6, 6.07) is 4.66. The lowest BCUT2D eigenvalue weighted by Gasteiger charge is -2.35. The smallest absolute Gasteiger partial charge is 0.329 e. The number of para-hydroxylation sites is 1. The number of nitro benzene ring substituents is 1. The van der Waals surface area contributed by atoms with E-state index in [4.69, 9.17) is 4.74 Å². The molecule has 1 saturated heterocycles. The Bertz CT molecular complexity index is 538. The third-order valence-corrected chi connectivity index (χ3v) is 3.57. The number of benzene rings is 1. The number of aliphatic carboxylic acids is 1. The summed E-state index contributed by atoms with van der Waals surface area (Å²) in [5.74, 6) is -1.02. The molecule has 1 aromatic carbocycles. The molecule has 0 spiro atoms. The molecule has 0 saturated carbocycles. The fraction of sp³-hybridized carbons (Fsp3) is 0.462. The Morgan fingerprint density at radius 3 is 2.65 bits per heavy atom. The van der Waals surface area contributed by atoms with Gasteiger partial charge in [0, 0.05) is 32.1 Å². The predicted octanol–water partition coefficient (Wildman–Crippen LogP) is 1.95. The first-order valence-corrected chi connectivity index (χ1v) is 6.29. The molecule has 7 heteroatoms. The highest BCUT2D eigenvalue weighted by Crippen LogP contribution is 2.34. The van der Waals surface area contributed by atoms with Crippen molar-refractivity contribution in [3.63, 3.8) is 0 Å². The van der Waals surface area contributed by atoms with E-state index in [0.29, 0.717) is 18.8 Å². The van der Waals surface area contributed by atoms with Gasteiger partial charge in [-0.25, -0.2) is 4.79 Å². The quantitative estimate of drug-likeness (QED) is 0.645. The van der Waals surface area contributed by atoms with Crippen LogP contribution in [-0.2, 0) is 9.53 Å². The molecule has 1 aliphatic rings. The highest BCUT2D eigenvalue weighted by atomic mass is 16.6. The van der Waals surface area contributed by atoms with E-state index in [9.17, 15) is 20.0 Å². The monoisotopic (exact) mass is 280 g/mol. The van der Waals surface area contributed by atoms with Gasteiger partial charge in [-0.2, -0.15) is 0 Å². The number of hydrogen-bond acceptors (Lipinski definition) is 5. The standard InChI is InChI=1S/C13H16N2O5/c1-9-3-2-4-10(15(18)19)11(9)14-13(12(16)17)5-7-20-8-6-13/h2-4,14H,5-8H2,1H3,(H,16,17). The molecule has 0 aromatic heterocycles. The molecular weight excluding hydrogens is 264 g/mol. The molecule has 0 bridgehead atoms. The minimum absolute atomic E-state index is 0.114. The first-order valence-electron chi connectivity index (χ1n) is 6.29. The summed E-state index contributed by atoms with van der Waals surface area (Å²) in [4.78, 5) is 22.2. The van der Waals surface area contributed by atoms with Gasteiger partial charge in [0.05, 0.1) is 4.92 Å². The van der Waals surface area contributed by atoms with Crippen LogP contribution in [0.5, 0.6) is 0 Å². The zero-order chi connectivity index (χ0) is 14.8. The fourth-order valence-corrected chi connectivity index (χ4v) is 2.32. The minimum Gasteiger partial charge on any atom is -0.480 e. The van der Waals surface area contributed by atoms with Gasteiger partial charge in [-0.3, -0.25) is 10.1 Å². The van der Waals surface area contributed by atoms with Crippen LogP contribution in [0.3, 0.4) is 0 Å². The summed E-state index contributed by atoms with van der Waals surface area (Å²) >= 11 is 0. The van der Waals surface area contributed by atoms with Gasteiger partial charge in [-0.1, -0.05) is 12.1 Å². The summed E-state index contributed by atoms with van der Waals surface area (Å²) in [6.07, 6.45) is 0.543. The molecule has 1 aromatic rings. The van der Waals surface area contributed by atoms with Gasteiger partial charge in [0.25, 0.3) is 5.69 Å². The predicted molar refractivity (Wildman–Crippen MR) is 71.9 cm³/mol. The van der Waals surface area contributed by atoms with E-state index in [1.165, 1.54) is 6.07 Å². The molecule has 7 nitrogen and oxygen atoms in total. The molecule has 0 atom stereocenters. The van der Waals surface area contributed by atoms with E-state index in [-0.39, 0.29) is 24.2 Å². The van der Waals surface area contributed by atoms with E-state index >= 15 is 0 Å². The normalized spacial score (nSPS) is 17.4. The van der Waals surface area contributed by atoms with Crippen LogP contribution < -0.4 is 5.32 Å². The van der Waals surface area contributed by atoms with Gasteiger partial charge in [-0.05, 0) is 12.5 Å². The van der Waals surface area contributed by atoms with E-state index in [1.54, 1.807) is 19.1 Å². The fourth-order valence-electron chi connectivity index (χ4n) is 2.32. The Morgan fingerprint density at radius 1 is 1.45 bits per heavy atom. The average Bonchev–Trinajstić information content (AvgIpc) is 2.41. The SMILES string of the molecule is Cc1cccc([N+](=O)[O-])c1NC1(C(=O)O)CCOCC1. The third kappa shape index (κ3) is 2.57. The van der Waals surface area contributed by atoms with Crippen LogP contribution in [0.4, 0.5) is 11.4 Å². The van der Waals surface area contributed by atoms with Crippen LogP contribution in [0.25, 0.3) is 0 Å². The number of nitrogens with one attached hydrogen (secondary N) is 1. The Labute approximate surface area is 115 Å². The number of rotatable bonds is 4. The Kier molecular flexibility index (Phi) is 3.89. The first-order chi connectivity index (χ1) is 9.46. The summed E-state index contributed by atoms with van der Waals surface area (Å²) in [7, 11) is 0. The molecule has 108 valence electrons. The molecule has 1 aliphatic heterocycles. The van der Waals surface area contributed by atoms with Gasteiger partial charge in [0.2, 0.25) is 0 Å². The van der Waals surface area contributed by atoms with Gasteiger partial charge in [0.15, 0.2) is 0 Å². The van der Waals surface area contributed by atoms with Gasteiger partial charge in [-0.15, -0.1) is 0 Å². The van der Waals surface area contributed by atoms with Crippen molar-refractivity contribution in [2.45, 2.75) is 25.3 Å². The second-order valence-corrected chi connectivity index (χ2v) is 4.85. The lowest BCUT2D eigenvalue weighted by Crippen LogP contribution is -2.50. The first kappa shape index (κ1) is 14.3. The number of hydrogen-bond donors (Lipinski definition) is 2. The Morgan fingerprint density at radius 2 is 2.10 bits per heavy atom. The van der Waals surface area contributed by atoms with Crippen molar-refractivity contribution in [2.75, 3.05) is 18.5 Å². The van der Waals surface area contributed by atoms with Crippen molar-refractivity contribution < 1.29 is 19.6 Å². The summed E-state index contributed by atoms with van der Waals surface area (Å²) < 4.78 is 5.18. The van der Waals surface area contributed by atoms with Crippen molar-refractivity contribution in [2.24, 2.45) is 0 Å². The average molecular weight is 280 g/mol. The van der Waals surface area contributed by atoms with Crippen molar-refractivity contribution >= 4 is 17.3 Å². The summed E-state index contributed by atoms with van der Waals surface area (Å²) in [5, 5.41) is 23.5. The summed E-state index contributed by atoms with van der Waals surface area (Å²) in [6.45, 7) is 2.35. The lowest BCUT2D eigenvalue weighted by atomic mass is 9.89. The number of anilines is 1. The molecule has 20 heavy (non-hydrogen) atoms. The second-order valence-electron chi connectivity index (χ2n) is 4.85. The van der Waals surface area contributed by atoms with Crippen molar-refractivity contribution in [1.82, 2.24) is 0 Å². The van der Waals surface area contributed by atoms with E-state index in [2.05, 4.69) is 5.32 Å². The van der Waals surface area contributed by atoms with Crippen LogP contribution in [0, 0.1) is 17.0 Å². The number of nitro groups is 1. The van der Waals surface area contributed by atoms with Crippen LogP contribution >= 0.6 is 0 Å². The topological polar surface area (TPSA) is 102 Å². The molecule has 1 fully saturated rings. The maximum atomic E-state index is 11.6. The van der Waals surface area contributed by atoms with Crippen molar-refractivity contribution in [3.8, 4) is 0 Å². The minimum atomic E-state index is -1.21. The number of carbonyl (C=O) groups is 1. The number of ether oxygens (including phenoxy) is 1. The zero-order valence-corrected chi connectivity index (χ0v) is 11.1. The van der Waals surface area contributed by atoms with Crippen LogP contribution in [-0.4, -0.2) is 34.8 Å². The van der Waals surface area contributed by atoms with Gasteiger partial charge < -0.3 is 15.2 Å². The van der Waals surface area contributed by atoms with E-state index < -0.39 is 16.4 Å². The largest absolute Gasteiger partial charge is 0.480 e. The molecule has 0 radical (unpaired) electrons. The second kappa shape index (κ2) is 5.46. The summed E-state index contributed by atoms with van der Waals surface area (Å²) in [5.41, 5.74) is -0.417. The highest BCUT2D eigenvalue weighted by Gasteiger charge is 2.41. The highest BCUT2D eigenvalue weighted by molar-refractivity contribution is 5.85. The lowest BCUT2D eigenvalue weighted by molar-refractivity contribution is -0.384.